The highest BCUT2D eigenvalue weighted by molar-refractivity contribution is 9.10. The molecular weight excluding hydrogens is 498 g/mol. The van der Waals surface area contributed by atoms with Gasteiger partial charge in [0.05, 0.1) is 0 Å². The predicted octanol–water partition coefficient (Wildman–Crippen LogP) is 5.79. The molecule has 9 heteroatoms. The number of nitrogens with zero attached hydrogens (tertiary/aromatic N) is 1. The lowest BCUT2D eigenvalue weighted by Gasteiger charge is -2.26. The van der Waals surface area contributed by atoms with Crippen molar-refractivity contribution >= 4 is 61.1 Å². The third kappa shape index (κ3) is 3.75. The Morgan fingerprint density at radius 2 is 1.93 bits per heavy atom. The van der Waals surface area contributed by atoms with Crippen LogP contribution in [0.4, 0.5) is 5.00 Å². The largest absolute Gasteiger partial charge is 0.479 e. The Hall–Kier alpha value is -1.71. The maximum absolute atomic E-state index is 12.3. The summed E-state index contributed by atoms with van der Waals surface area (Å²) in [6, 6.07) is 18.1. The number of hydrogen-bond donors (Lipinski definition) is 2. The van der Waals surface area contributed by atoms with Gasteiger partial charge in [-0.25, -0.2) is 13.3 Å². The fraction of sp³-hybridized carbons (Fsp3) is 0.150. The molecule has 3 atom stereocenters. The Balaban J connectivity index is 1.73. The molecule has 2 aromatic carbocycles. The van der Waals surface area contributed by atoms with E-state index in [0.717, 1.165) is 24.8 Å². The first-order valence-corrected chi connectivity index (χ1v) is 11.6. The maximum atomic E-state index is 12.3. The van der Waals surface area contributed by atoms with Crippen LogP contribution in [0.5, 0.6) is 0 Å². The second-order valence-corrected chi connectivity index (χ2v) is 9.95. The minimum atomic E-state index is -2.50. The van der Waals surface area contributed by atoms with Crippen LogP contribution in [0.2, 0.25) is 5.02 Å². The SMILES string of the molecule is O=C(O)C1(N(c2ccc(-c3ccc(Cl)cc3)s2)S(=O)O)CC1c1cccc(Br)c1. The Kier molecular flexibility index (Phi) is 5.56. The minimum absolute atomic E-state index is 0.249. The van der Waals surface area contributed by atoms with Crippen LogP contribution in [0.3, 0.4) is 0 Å². The second-order valence-electron chi connectivity index (χ2n) is 6.71. The van der Waals surface area contributed by atoms with Crippen LogP contribution < -0.4 is 4.31 Å². The topological polar surface area (TPSA) is 77.8 Å². The smallest absolute Gasteiger partial charge is 0.331 e. The molecule has 2 N–H and O–H groups in total. The zero-order valence-corrected chi connectivity index (χ0v) is 18.8. The van der Waals surface area contributed by atoms with Gasteiger partial charge >= 0.3 is 5.97 Å². The van der Waals surface area contributed by atoms with Gasteiger partial charge in [-0.15, -0.1) is 11.3 Å². The molecule has 1 saturated carbocycles. The van der Waals surface area contributed by atoms with Crippen LogP contribution in [0.15, 0.2) is 65.1 Å². The first-order valence-electron chi connectivity index (χ1n) is 8.59. The average Bonchev–Trinajstić information content (AvgIpc) is 3.24. The number of aliphatic carboxylic acids is 1. The molecule has 1 aliphatic carbocycles. The number of benzene rings is 2. The molecule has 3 aromatic rings. The van der Waals surface area contributed by atoms with Gasteiger partial charge < -0.3 is 5.11 Å². The maximum Gasteiger partial charge on any atom is 0.331 e. The number of hydrogen-bond acceptors (Lipinski definition) is 3. The lowest BCUT2D eigenvalue weighted by Crippen LogP contribution is -2.45. The molecule has 3 unspecified atom stereocenters. The first-order chi connectivity index (χ1) is 13.8. The summed E-state index contributed by atoms with van der Waals surface area (Å²) in [6.07, 6.45) is 0.249. The van der Waals surface area contributed by atoms with E-state index in [1.807, 2.05) is 42.5 Å². The summed E-state index contributed by atoms with van der Waals surface area (Å²) in [4.78, 5) is 13.1. The molecule has 0 spiro atoms. The minimum Gasteiger partial charge on any atom is -0.479 e. The van der Waals surface area contributed by atoms with E-state index in [9.17, 15) is 18.7 Å². The van der Waals surface area contributed by atoms with E-state index in [1.165, 1.54) is 11.3 Å². The number of rotatable bonds is 6. The molecule has 1 fully saturated rings. The summed E-state index contributed by atoms with van der Waals surface area (Å²) in [7, 11) is 0. The summed E-state index contributed by atoms with van der Waals surface area (Å²) >= 11 is 8.11. The highest BCUT2D eigenvalue weighted by Gasteiger charge is 2.67. The van der Waals surface area contributed by atoms with E-state index < -0.39 is 28.7 Å². The lowest BCUT2D eigenvalue weighted by molar-refractivity contribution is -0.139. The van der Waals surface area contributed by atoms with E-state index in [2.05, 4.69) is 15.9 Å². The molecule has 0 aliphatic heterocycles. The third-order valence-corrected chi connectivity index (χ3v) is 7.81. The van der Waals surface area contributed by atoms with Crippen molar-refractivity contribution in [1.29, 1.82) is 0 Å². The van der Waals surface area contributed by atoms with Crippen LogP contribution >= 0.6 is 38.9 Å². The molecule has 150 valence electrons. The summed E-state index contributed by atoms with van der Waals surface area (Å²) in [6.45, 7) is 0. The normalized spacial score (nSPS) is 21.6. The summed E-state index contributed by atoms with van der Waals surface area (Å²) in [5, 5.41) is 11.1. The predicted molar refractivity (Wildman–Crippen MR) is 120 cm³/mol. The molecule has 1 aliphatic rings. The highest BCUT2D eigenvalue weighted by Crippen LogP contribution is 2.58. The molecule has 0 radical (unpaired) electrons. The Labute approximate surface area is 187 Å². The van der Waals surface area contributed by atoms with Gasteiger partial charge in [-0.2, -0.15) is 0 Å². The fourth-order valence-electron chi connectivity index (χ4n) is 3.54. The lowest BCUT2D eigenvalue weighted by atomic mass is 10.1. The van der Waals surface area contributed by atoms with E-state index in [4.69, 9.17) is 11.6 Å². The number of anilines is 1. The quantitative estimate of drug-likeness (QED) is 0.410. The molecule has 4 rings (SSSR count). The van der Waals surface area contributed by atoms with Gasteiger partial charge in [0, 0.05) is 20.3 Å². The van der Waals surface area contributed by atoms with Crippen LogP contribution in [0.25, 0.3) is 10.4 Å². The molecule has 0 amide bonds. The van der Waals surface area contributed by atoms with Crippen LogP contribution in [0.1, 0.15) is 17.9 Å². The van der Waals surface area contributed by atoms with Crippen molar-refractivity contribution in [2.24, 2.45) is 0 Å². The van der Waals surface area contributed by atoms with Gasteiger partial charge in [-0.05, 0) is 53.9 Å². The van der Waals surface area contributed by atoms with Crippen LogP contribution in [-0.2, 0) is 16.1 Å². The van der Waals surface area contributed by atoms with E-state index in [1.54, 1.807) is 18.2 Å². The van der Waals surface area contributed by atoms with Crippen molar-refractivity contribution in [2.75, 3.05) is 4.31 Å². The molecular formula is C20H15BrClNO4S2. The second kappa shape index (κ2) is 7.85. The van der Waals surface area contributed by atoms with E-state index in [0.29, 0.717) is 10.0 Å². The van der Waals surface area contributed by atoms with Gasteiger partial charge in [-0.1, -0.05) is 51.8 Å². The molecule has 5 nitrogen and oxygen atoms in total. The Bertz CT molecular complexity index is 1100. The van der Waals surface area contributed by atoms with Gasteiger partial charge in [0.25, 0.3) is 11.3 Å². The zero-order chi connectivity index (χ0) is 20.8. The number of thiophene rings is 1. The van der Waals surface area contributed by atoms with Crippen molar-refractivity contribution in [3.63, 3.8) is 0 Å². The zero-order valence-electron chi connectivity index (χ0n) is 14.8. The third-order valence-electron chi connectivity index (χ3n) is 4.99. The van der Waals surface area contributed by atoms with Gasteiger partial charge in [0.2, 0.25) is 0 Å². The van der Waals surface area contributed by atoms with Gasteiger partial charge in [0.1, 0.15) is 5.00 Å². The molecule has 29 heavy (non-hydrogen) atoms. The summed E-state index contributed by atoms with van der Waals surface area (Å²) in [5.74, 6) is -1.51. The standard InChI is InChI=1S/C20H15BrClNO4S2/c21-14-3-1-2-13(10-14)16-11-20(16,19(24)25)23(29(26)27)18-9-8-17(28-18)12-4-6-15(22)7-5-12/h1-10,16H,11H2,(H,24,25)(H,26,27). The number of carboxylic acid groups (broad SMARTS) is 1. The van der Waals surface area contributed by atoms with Crippen LogP contribution in [-0.4, -0.2) is 25.4 Å². The highest BCUT2D eigenvalue weighted by atomic mass is 79.9. The summed E-state index contributed by atoms with van der Waals surface area (Å²) < 4.78 is 24.3. The molecule has 1 aromatic heterocycles. The first kappa shape index (κ1) is 20.6. The van der Waals surface area contributed by atoms with Gasteiger partial charge in [0.15, 0.2) is 5.54 Å². The molecule has 0 bridgehead atoms. The molecule has 0 saturated heterocycles. The van der Waals surface area contributed by atoms with E-state index >= 15 is 0 Å². The average molecular weight is 513 g/mol. The number of halogens is 2. The monoisotopic (exact) mass is 511 g/mol. The van der Waals surface area contributed by atoms with Crippen molar-refractivity contribution in [2.45, 2.75) is 17.9 Å². The molecule has 1 heterocycles. The van der Waals surface area contributed by atoms with Crippen molar-refractivity contribution < 1.29 is 18.7 Å². The van der Waals surface area contributed by atoms with E-state index in [-0.39, 0.29) is 6.42 Å². The Morgan fingerprint density at radius 1 is 1.21 bits per heavy atom. The number of carboxylic acids is 1. The fourth-order valence-corrected chi connectivity index (χ4v) is 6.15. The Morgan fingerprint density at radius 3 is 2.55 bits per heavy atom. The van der Waals surface area contributed by atoms with Crippen LogP contribution in [0, 0.1) is 0 Å². The number of carbonyl (C=O) groups is 1. The summed E-state index contributed by atoms with van der Waals surface area (Å²) in [5.41, 5.74) is 0.243. The van der Waals surface area contributed by atoms with Crippen molar-refractivity contribution in [1.82, 2.24) is 0 Å². The van der Waals surface area contributed by atoms with Crippen molar-refractivity contribution in [3.8, 4) is 10.4 Å². The van der Waals surface area contributed by atoms with Gasteiger partial charge in [-0.3, -0.25) is 4.55 Å². The van der Waals surface area contributed by atoms with Crippen molar-refractivity contribution in [3.05, 3.63) is 75.7 Å².